The third-order valence-corrected chi connectivity index (χ3v) is 6.68. The number of nitrogens with one attached hydrogen (secondary N) is 2. The predicted molar refractivity (Wildman–Crippen MR) is 101 cm³/mol. The highest BCUT2D eigenvalue weighted by atomic mass is 32.2. The second-order valence-corrected chi connectivity index (χ2v) is 9.22. The summed E-state index contributed by atoms with van der Waals surface area (Å²) in [6.07, 6.45) is 0. The first kappa shape index (κ1) is 22.4. The number of hydrogen-bond acceptors (Lipinski definition) is 8. The zero-order chi connectivity index (χ0) is 21.8. The van der Waals surface area contributed by atoms with Crippen LogP contribution in [0.3, 0.4) is 0 Å². The van der Waals surface area contributed by atoms with Crippen molar-refractivity contribution in [2.24, 2.45) is 0 Å². The van der Waals surface area contributed by atoms with Gasteiger partial charge in [0.25, 0.3) is 11.4 Å². The number of rotatable bonds is 9. The Hall–Kier alpha value is -2.94. The summed E-state index contributed by atoms with van der Waals surface area (Å²) < 4.78 is 53.3. The highest BCUT2D eigenvalue weighted by Crippen LogP contribution is 2.25. The summed E-state index contributed by atoms with van der Waals surface area (Å²) >= 11 is 0. The van der Waals surface area contributed by atoms with Crippen LogP contribution in [0.4, 0.5) is 11.4 Å². The third kappa shape index (κ3) is 5.32. The van der Waals surface area contributed by atoms with Crippen LogP contribution in [0, 0.1) is 27.2 Å². The van der Waals surface area contributed by atoms with Gasteiger partial charge < -0.3 is 0 Å². The summed E-state index contributed by atoms with van der Waals surface area (Å²) in [5.74, 6) is 0. The van der Waals surface area contributed by atoms with Crippen LogP contribution < -0.4 is 9.44 Å². The van der Waals surface area contributed by atoms with Gasteiger partial charge in [0.05, 0.1) is 9.85 Å². The van der Waals surface area contributed by atoms with Crippen molar-refractivity contribution in [1.29, 1.82) is 0 Å². The van der Waals surface area contributed by atoms with Gasteiger partial charge in [0.1, 0.15) is 0 Å². The van der Waals surface area contributed by atoms with Gasteiger partial charge in [-0.3, -0.25) is 20.2 Å². The van der Waals surface area contributed by atoms with E-state index < -0.39 is 64.1 Å². The normalized spacial score (nSPS) is 11.9. The van der Waals surface area contributed by atoms with Gasteiger partial charge in [-0.15, -0.1) is 0 Å². The number of para-hydroxylation sites is 1. The average molecular weight is 444 g/mol. The number of aryl methyl sites for hydroxylation is 1. The lowest BCUT2D eigenvalue weighted by molar-refractivity contribution is -0.388. The molecule has 0 unspecified atom stereocenters. The zero-order valence-corrected chi connectivity index (χ0v) is 16.6. The third-order valence-electron chi connectivity index (χ3n) is 3.66. The number of hydrogen-bond donors (Lipinski definition) is 2. The first-order valence-electron chi connectivity index (χ1n) is 7.93. The van der Waals surface area contributed by atoms with Crippen molar-refractivity contribution >= 4 is 31.4 Å². The van der Waals surface area contributed by atoms with Crippen LogP contribution in [-0.2, 0) is 20.0 Å². The van der Waals surface area contributed by atoms with Gasteiger partial charge in [-0.1, -0.05) is 18.2 Å². The quantitative estimate of drug-likeness (QED) is 0.327. The number of nitro groups is 2. The van der Waals surface area contributed by atoms with Gasteiger partial charge in [0, 0.05) is 25.2 Å². The molecule has 0 radical (unpaired) electrons. The van der Waals surface area contributed by atoms with Gasteiger partial charge in [0.15, 0.2) is 9.79 Å². The molecule has 0 aromatic heterocycles. The standard InChI is InChI=1S/C15H16N4O8S2/c1-11-6-7-15(13(10-11)19(22)23)29(26,27)17-9-8-16-28(24,25)14-5-3-2-4-12(14)18(20)21/h2-7,10,16-17H,8-9H2,1H3. The van der Waals surface area contributed by atoms with Crippen molar-refractivity contribution in [1.82, 2.24) is 9.44 Å². The molecule has 0 atom stereocenters. The van der Waals surface area contributed by atoms with E-state index in [1.54, 1.807) is 6.92 Å². The van der Waals surface area contributed by atoms with Crippen molar-refractivity contribution in [2.75, 3.05) is 13.1 Å². The lowest BCUT2D eigenvalue weighted by Crippen LogP contribution is -2.35. The van der Waals surface area contributed by atoms with Gasteiger partial charge in [0.2, 0.25) is 20.0 Å². The largest absolute Gasteiger partial charge is 0.289 e. The van der Waals surface area contributed by atoms with Gasteiger partial charge >= 0.3 is 0 Å². The van der Waals surface area contributed by atoms with E-state index in [9.17, 15) is 37.1 Å². The Morgan fingerprint density at radius 1 is 0.793 bits per heavy atom. The molecule has 156 valence electrons. The molecular formula is C15H16N4O8S2. The van der Waals surface area contributed by atoms with Crippen LogP contribution >= 0.6 is 0 Å². The first-order chi connectivity index (χ1) is 13.5. The maximum absolute atomic E-state index is 12.3. The zero-order valence-electron chi connectivity index (χ0n) is 14.9. The Balaban J connectivity index is 2.11. The van der Waals surface area contributed by atoms with Crippen molar-refractivity contribution in [3.05, 3.63) is 68.3 Å². The van der Waals surface area contributed by atoms with Crippen LogP contribution in [0.1, 0.15) is 5.56 Å². The molecule has 0 aliphatic heterocycles. The summed E-state index contributed by atoms with van der Waals surface area (Å²) in [6.45, 7) is 0.689. The summed E-state index contributed by atoms with van der Waals surface area (Å²) in [5, 5.41) is 22.1. The SMILES string of the molecule is Cc1ccc(S(=O)(=O)NCCNS(=O)(=O)c2ccccc2[N+](=O)[O-])c([N+](=O)[O-])c1. The lowest BCUT2D eigenvalue weighted by atomic mass is 10.2. The number of nitro benzene ring substituents is 2. The Labute approximate surface area is 166 Å². The Kier molecular flexibility index (Phi) is 6.63. The number of nitrogens with zero attached hydrogens (tertiary/aromatic N) is 2. The molecular weight excluding hydrogens is 428 g/mol. The molecule has 0 spiro atoms. The molecule has 0 bridgehead atoms. The molecule has 0 fully saturated rings. The molecule has 14 heteroatoms. The minimum Gasteiger partial charge on any atom is -0.258 e. The molecule has 2 N–H and O–H groups in total. The van der Waals surface area contributed by atoms with Crippen LogP contribution in [0.15, 0.2) is 52.3 Å². The molecule has 0 heterocycles. The van der Waals surface area contributed by atoms with E-state index in [0.29, 0.717) is 5.56 Å². The van der Waals surface area contributed by atoms with E-state index in [2.05, 4.69) is 4.72 Å². The van der Waals surface area contributed by atoms with E-state index in [1.807, 2.05) is 4.72 Å². The molecule has 0 amide bonds. The van der Waals surface area contributed by atoms with E-state index in [0.717, 1.165) is 24.3 Å². The molecule has 2 aromatic rings. The monoisotopic (exact) mass is 444 g/mol. The van der Waals surface area contributed by atoms with E-state index in [4.69, 9.17) is 0 Å². The van der Waals surface area contributed by atoms with Gasteiger partial charge in [-0.2, -0.15) is 0 Å². The molecule has 2 aromatic carbocycles. The fourth-order valence-electron chi connectivity index (χ4n) is 2.36. The highest BCUT2D eigenvalue weighted by Gasteiger charge is 2.27. The van der Waals surface area contributed by atoms with Crippen LogP contribution in [0.5, 0.6) is 0 Å². The Morgan fingerprint density at radius 2 is 1.28 bits per heavy atom. The van der Waals surface area contributed by atoms with Gasteiger partial charge in [-0.05, 0) is 24.6 Å². The number of benzene rings is 2. The van der Waals surface area contributed by atoms with E-state index in [-0.39, 0.29) is 0 Å². The van der Waals surface area contributed by atoms with Crippen LogP contribution in [0.2, 0.25) is 0 Å². The fraction of sp³-hybridized carbons (Fsp3) is 0.200. The molecule has 0 saturated carbocycles. The van der Waals surface area contributed by atoms with Crippen LogP contribution in [0.25, 0.3) is 0 Å². The molecule has 29 heavy (non-hydrogen) atoms. The highest BCUT2D eigenvalue weighted by molar-refractivity contribution is 7.90. The number of sulfonamides is 2. The smallest absolute Gasteiger partial charge is 0.258 e. The minimum absolute atomic E-state index is 0.437. The maximum atomic E-state index is 12.3. The fourth-order valence-corrected chi connectivity index (χ4v) is 4.74. The molecule has 12 nitrogen and oxygen atoms in total. The Morgan fingerprint density at radius 3 is 1.79 bits per heavy atom. The lowest BCUT2D eigenvalue weighted by Gasteiger charge is -2.09. The van der Waals surface area contributed by atoms with Crippen molar-refractivity contribution < 1.29 is 26.7 Å². The minimum atomic E-state index is -4.29. The molecule has 2 rings (SSSR count). The second kappa shape index (κ2) is 8.60. The van der Waals surface area contributed by atoms with Crippen LogP contribution in [-0.4, -0.2) is 39.8 Å². The Bertz CT molecular complexity index is 1160. The topological polar surface area (TPSA) is 179 Å². The summed E-state index contributed by atoms with van der Waals surface area (Å²) in [7, 11) is -8.57. The summed E-state index contributed by atoms with van der Waals surface area (Å²) in [6, 6.07) is 8.24. The summed E-state index contributed by atoms with van der Waals surface area (Å²) in [5.41, 5.74) is -0.748. The predicted octanol–water partition coefficient (Wildman–Crippen LogP) is 1.07. The van der Waals surface area contributed by atoms with E-state index >= 15 is 0 Å². The van der Waals surface area contributed by atoms with Crippen molar-refractivity contribution in [2.45, 2.75) is 16.7 Å². The van der Waals surface area contributed by atoms with Gasteiger partial charge in [-0.25, -0.2) is 26.3 Å². The second-order valence-electron chi connectivity index (χ2n) is 5.75. The molecule has 0 aliphatic carbocycles. The van der Waals surface area contributed by atoms with Crippen molar-refractivity contribution in [3.8, 4) is 0 Å². The maximum Gasteiger partial charge on any atom is 0.289 e. The van der Waals surface area contributed by atoms with E-state index in [1.165, 1.54) is 18.2 Å². The summed E-state index contributed by atoms with van der Waals surface area (Å²) in [4.78, 5) is 19.2. The average Bonchev–Trinajstić information content (AvgIpc) is 2.65. The molecule has 0 saturated heterocycles. The van der Waals surface area contributed by atoms with Crippen molar-refractivity contribution in [3.63, 3.8) is 0 Å². The molecule has 0 aliphatic rings. The first-order valence-corrected chi connectivity index (χ1v) is 10.9.